The zero-order valence-corrected chi connectivity index (χ0v) is 21.7. The van der Waals surface area contributed by atoms with E-state index in [1.165, 1.54) is 33.4 Å². The van der Waals surface area contributed by atoms with Crippen LogP contribution in [-0.2, 0) is 0 Å². The van der Waals surface area contributed by atoms with E-state index in [2.05, 4.69) is 175 Å². The maximum absolute atomic E-state index is 2.31. The van der Waals surface area contributed by atoms with Gasteiger partial charge in [-0.05, 0) is 69.8 Å². The fourth-order valence-electron chi connectivity index (χ4n) is 4.81. The summed E-state index contributed by atoms with van der Waals surface area (Å²) in [6.07, 6.45) is 4.31. The van der Waals surface area contributed by atoms with Gasteiger partial charge < -0.3 is 4.90 Å². The van der Waals surface area contributed by atoms with Crippen molar-refractivity contribution >= 4 is 29.2 Å². The SMILES string of the molecule is C(=C\c1ccc(N(c2ccc(-c3ccccc3)cc2)c2ccc(-c3ccccc3)cc2)cc1)/c1ccccc1. The average Bonchev–Trinajstić information content (AvgIpc) is 3.03. The zero-order valence-electron chi connectivity index (χ0n) is 21.7. The van der Waals surface area contributed by atoms with Crippen LogP contribution in [0.1, 0.15) is 11.1 Å². The molecule has 0 saturated carbocycles. The third-order valence-corrected chi connectivity index (χ3v) is 6.88. The molecule has 0 aliphatic heterocycles. The van der Waals surface area contributed by atoms with E-state index in [4.69, 9.17) is 0 Å². The molecule has 1 heteroatoms. The molecule has 1 nitrogen and oxygen atoms in total. The van der Waals surface area contributed by atoms with Crippen molar-refractivity contribution in [2.75, 3.05) is 4.90 Å². The van der Waals surface area contributed by atoms with Gasteiger partial charge in [0, 0.05) is 17.1 Å². The Morgan fingerprint density at radius 2 is 0.590 bits per heavy atom. The first kappa shape index (κ1) is 24.2. The normalized spacial score (nSPS) is 11.0. The Morgan fingerprint density at radius 1 is 0.282 bits per heavy atom. The van der Waals surface area contributed by atoms with Crippen LogP contribution in [-0.4, -0.2) is 0 Å². The molecule has 0 heterocycles. The molecule has 0 fully saturated rings. The lowest BCUT2D eigenvalue weighted by Crippen LogP contribution is -2.09. The first-order chi connectivity index (χ1) is 19.3. The summed E-state index contributed by atoms with van der Waals surface area (Å²) in [5.41, 5.74) is 10.6. The predicted octanol–water partition coefficient (Wildman–Crippen LogP) is 10.7. The summed E-state index contributed by atoms with van der Waals surface area (Å²) >= 11 is 0. The average molecular weight is 500 g/mol. The first-order valence-corrected chi connectivity index (χ1v) is 13.3. The van der Waals surface area contributed by atoms with Gasteiger partial charge in [0.25, 0.3) is 0 Å². The molecule has 0 bridgehead atoms. The monoisotopic (exact) mass is 499 g/mol. The third-order valence-electron chi connectivity index (χ3n) is 6.88. The summed E-state index contributed by atoms with van der Waals surface area (Å²) in [5, 5.41) is 0. The number of nitrogens with zero attached hydrogens (tertiary/aromatic N) is 1. The van der Waals surface area contributed by atoms with Crippen LogP contribution in [0.15, 0.2) is 164 Å². The summed E-state index contributed by atoms with van der Waals surface area (Å²) < 4.78 is 0. The van der Waals surface area contributed by atoms with E-state index in [9.17, 15) is 0 Å². The van der Waals surface area contributed by atoms with E-state index in [-0.39, 0.29) is 0 Å². The number of anilines is 3. The summed E-state index contributed by atoms with van der Waals surface area (Å²) in [4.78, 5) is 2.31. The van der Waals surface area contributed by atoms with E-state index in [0.29, 0.717) is 0 Å². The van der Waals surface area contributed by atoms with Gasteiger partial charge in [-0.3, -0.25) is 0 Å². The van der Waals surface area contributed by atoms with Crippen molar-refractivity contribution in [3.05, 3.63) is 175 Å². The van der Waals surface area contributed by atoms with Gasteiger partial charge in [-0.25, -0.2) is 0 Å². The lowest BCUT2D eigenvalue weighted by Gasteiger charge is -2.26. The largest absolute Gasteiger partial charge is 0.311 e. The number of benzene rings is 6. The highest BCUT2D eigenvalue weighted by Crippen LogP contribution is 2.36. The van der Waals surface area contributed by atoms with E-state index in [1.807, 2.05) is 6.07 Å². The predicted molar refractivity (Wildman–Crippen MR) is 167 cm³/mol. The van der Waals surface area contributed by atoms with Crippen LogP contribution in [0.2, 0.25) is 0 Å². The number of rotatable bonds is 7. The molecule has 0 unspecified atom stereocenters. The van der Waals surface area contributed by atoms with Crippen molar-refractivity contribution in [2.24, 2.45) is 0 Å². The van der Waals surface area contributed by atoms with Gasteiger partial charge >= 0.3 is 0 Å². The smallest absolute Gasteiger partial charge is 0.0462 e. The van der Waals surface area contributed by atoms with E-state index >= 15 is 0 Å². The van der Waals surface area contributed by atoms with Crippen LogP contribution in [0.25, 0.3) is 34.4 Å². The highest BCUT2D eigenvalue weighted by atomic mass is 15.1. The molecule has 6 rings (SSSR count). The topological polar surface area (TPSA) is 3.24 Å². The van der Waals surface area contributed by atoms with E-state index < -0.39 is 0 Å². The number of hydrogen-bond acceptors (Lipinski definition) is 1. The van der Waals surface area contributed by atoms with Crippen molar-refractivity contribution < 1.29 is 0 Å². The molecule has 0 N–H and O–H groups in total. The fourth-order valence-corrected chi connectivity index (χ4v) is 4.81. The van der Waals surface area contributed by atoms with E-state index in [1.54, 1.807) is 0 Å². The molecule has 6 aromatic rings. The summed E-state index contributed by atoms with van der Waals surface area (Å²) in [5.74, 6) is 0. The maximum atomic E-state index is 2.31. The molecule has 6 aromatic carbocycles. The van der Waals surface area contributed by atoms with Gasteiger partial charge in [-0.1, -0.05) is 140 Å². The van der Waals surface area contributed by atoms with Crippen molar-refractivity contribution in [1.29, 1.82) is 0 Å². The van der Waals surface area contributed by atoms with Crippen LogP contribution >= 0.6 is 0 Å². The van der Waals surface area contributed by atoms with Gasteiger partial charge in [0.15, 0.2) is 0 Å². The Bertz CT molecular complexity index is 1550. The molecular weight excluding hydrogens is 470 g/mol. The van der Waals surface area contributed by atoms with Crippen molar-refractivity contribution in [3.8, 4) is 22.3 Å². The third kappa shape index (κ3) is 5.74. The molecule has 39 heavy (non-hydrogen) atoms. The second kappa shape index (κ2) is 11.5. The maximum Gasteiger partial charge on any atom is 0.0462 e. The fraction of sp³-hybridized carbons (Fsp3) is 0. The van der Waals surface area contributed by atoms with Crippen LogP contribution in [0, 0.1) is 0 Å². The molecule has 0 radical (unpaired) electrons. The van der Waals surface area contributed by atoms with Crippen LogP contribution in [0.5, 0.6) is 0 Å². The van der Waals surface area contributed by atoms with Gasteiger partial charge in [0.05, 0.1) is 0 Å². The lowest BCUT2D eigenvalue weighted by molar-refractivity contribution is 1.28. The molecular formula is C38H29N. The molecule has 0 aliphatic carbocycles. The second-order valence-electron chi connectivity index (χ2n) is 9.50. The van der Waals surface area contributed by atoms with Crippen LogP contribution in [0.4, 0.5) is 17.1 Å². The van der Waals surface area contributed by atoms with Gasteiger partial charge in [-0.2, -0.15) is 0 Å². The van der Waals surface area contributed by atoms with Gasteiger partial charge in [-0.15, -0.1) is 0 Å². The minimum atomic E-state index is 1.12. The molecule has 186 valence electrons. The molecule has 0 saturated heterocycles. The Labute approximate surface area is 231 Å². The van der Waals surface area contributed by atoms with E-state index in [0.717, 1.165) is 17.1 Å². The number of hydrogen-bond donors (Lipinski definition) is 0. The lowest BCUT2D eigenvalue weighted by atomic mass is 10.0. The second-order valence-corrected chi connectivity index (χ2v) is 9.50. The van der Waals surface area contributed by atoms with Crippen LogP contribution in [0.3, 0.4) is 0 Å². The standard InChI is InChI=1S/C38H29N/c1-4-10-30(11-5-1)16-17-31-18-24-36(25-19-31)39(37-26-20-34(21-27-37)32-12-6-2-7-13-32)38-28-22-35(23-29-38)33-14-8-3-9-15-33/h1-29H/b17-16+. The molecule has 0 spiro atoms. The molecule has 0 aliphatic rings. The van der Waals surface area contributed by atoms with Crippen LogP contribution < -0.4 is 4.90 Å². The highest BCUT2D eigenvalue weighted by molar-refractivity contribution is 5.80. The minimum Gasteiger partial charge on any atom is -0.311 e. The Balaban J connectivity index is 1.34. The quantitative estimate of drug-likeness (QED) is 0.197. The van der Waals surface area contributed by atoms with Crippen molar-refractivity contribution in [3.63, 3.8) is 0 Å². The summed E-state index contributed by atoms with van der Waals surface area (Å²) in [6, 6.07) is 57.8. The first-order valence-electron chi connectivity index (χ1n) is 13.3. The summed E-state index contributed by atoms with van der Waals surface area (Å²) in [6.45, 7) is 0. The zero-order chi connectivity index (χ0) is 26.3. The van der Waals surface area contributed by atoms with Crippen molar-refractivity contribution in [1.82, 2.24) is 0 Å². The Kier molecular flexibility index (Phi) is 7.14. The van der Waals surface area contributed by atoms with Gasteiger partial charge in [0.2, 0.25) is 0 Å². The Hall–Kier alpha value is -5.14. The van der Waals surface area contributed by atoms with Gasteiger partial charge in [0.1, 0.15) is 0 Å². The Morgan fingerprint density at radius 3 is 1.00 bits per heavy atom. The van der Waals surface area contributed by atoms with Crippen molar-refractivity contribution in [2.45, 2.75) is 0 Å². The highest BCUT2D eigenvalue weighted by Gasteiger charge is 2.13. The molecule has 0 atom stereocenters. The molecule has 0 amide bonds. The minimum absolute atomic E-state index is 1.12. The molecule has 0 aromatic heterocycles. The summed E-state index contributed by atoms with van der Waals surface area (Å²) in [7, 11) is 0.